The number of carbonyl (C=O) groups is 1. The predicted octanol–water partition coefficient (Wildman–Crippen LogP) is 0.747. The van der Waals surface area contributed by atoms with Crippen molar-refractivity contribution in [2.24, 2.45) is 4.99 Å². The molecule has 70 valence electrons. The normalized spacial score (nSPS) is 27.6. The molecule has 0 fully saturated rings. The number of carbonyl (C=O) groups excluding carboxylic acids is 1. The summed E-state index contributed by atoms with van der Waals surface area (Å²) in [6, 6.07) is 0.357. The Morgan fingerprint density at radius 3 is 2.50 bits per heavy atom. The number of aliphatic imine (C=N–C) groups is 1. The SMILES string of the molecule is CC1=NC(C)C(C)N1OC=O.N. The average Bonchev–Trinajstić information content (AvgIpc) is 2.17. The third-order valence-corrected chi connectivity index (χ3v) is 1.93. The van der Waals surface area contributed by atoms with Crippen molar-refractivity contribution in [1.29, 1.82) is 0 Å². The number of amidine groups is 1. The molecule has 2 unspecified atom stereocenters. The van der Waals surface area contributed by atoms with Crippen LogP contribution in [0.25, 0.3) is 0 Å². The van der Waals surface area contributed by atoms with Crippen molar-refractivity contribution < 1.29 is 9.63 Å². The van der Waals surface area contributed by atoms with Crippen LogP contribution in [0, 0.1) is 0 Å². The van der Waals surface area contributed by atoms with Gasteiger partial charge < -0.3 is 11.0 Å². The van der Waals surface area contributed by atoms with E-state index >= 15 is 0 Å². The van der Waals surface area contributed by atoms with Crippen LogP contribution in [0.1, 0.15) is 20.8 Å². The van der Waals surface area contributed by atoms with E-state index in [1.165, 1.54) is 5.06 Å². The van der Waals surface area contributed by atoms with Gasteiger partial charge in [0.25, 0.3) is 0 Å². The van der Waals surface area contributed by atoms with Gasteiger partial charge in [0.2, 0.25) is 0 Å². The van der Waals surface area contributed by atoms with Crippen molar-refractivity contribution in [2.75, 3.05) is 0 Å². The van der Waals surface area contributed by atoms with Gasteiger partial charge in [0.1, 0.15) is 5.84 Å². The quantitative estimate of drug-likeness (QED) is 0.625. The molecule has 3 N–H and O–H groups in total. The fourth-order valence-electron chi connectivity index (χ4n) is 1.17. The van der Waals surface area contributed by atoms with Crippen LogP contribution in [0.5, 0.6) is 0 Å². The van der Waals surface area contributed by atoms with E-state index in [1.54, 1.807) is 0 Å². The Labute approximate surface area is 71.9 Å². The van der Waals surface area contributed by atoms with E-state index in [0.29, 0.717) is 6.47 Å². The maximum Gasteiger partial charge on any atom is 0.320 e. The van der Waals surface area contributed by atoms with Gasteiger partial charge in [-0.2, -0.15) is 5.06 Å². The lowest BCUT2D eigenvalue weighted by Crippen LogP contribution is -2.35. The molecule has 0 aromatic heterocycles. The smallest absolute Gasteiger partial charge is 0.320 e. The second-order valence-electron chi connectivity index (χ2n) is 2.68. The van der Waals surface area contributed by atoms with Crippen molar-refractivity contribution in [1.82, 2.24) is 11.2 Å². The summed E-state index contributed by atoms with van der Waals surface area (Å²) in [4.78, 5) is 19.0. The van der Waals surface area contributed by atoms with Crippen molar-refractivity contribution in [3.8, 4) is 0 Å². The van der Waals surface area contributed by atoms with E-state index in [-0.39, 0.29) is 18.2 Å². The molecule has 0 saturated heterocycles. The van der Waals surface area contributed by atoms with Gasteiger partial charge >= 0.3 is 6.47 Å². The largest absolute Gasteiger partial charge is 0.344 e. The van der Waals surface area contributed by atoms with Gasteiger partial charge in [0.05, 0.1) is 12.1 Å². The van der Waals surface area contributed by atoms with Crippen LogP contribution in [-0.4, -0.2) is 29.5 Å². The lowest BCUT2D eigenvalue weighted by Gasteiger charge is -2.20. The van der Waals surface area contributed by atoms with Crippen LogP contribution in [0.4, 0.5) is 0 Å². The highest BCUT2D eigenvalue weighted by Gasteiger charge is 2.28. The molecule has 5 heteroatoms. The Kier molecular flexibility index (Phi) is 3.69. The molecular formula is C7H15N3O2. The second-order valence-corrected chi connectivity index (χ2v) is 2.68. The molecule has 0 radical (unpaired) electrons. The van der Waals surface area contributed by atoms with Crippen LogP contribution < -0.4 is 6.15 Å². The number of rotatable bonds is 2. The molecule has 0 bridgehead atoms. The van der Waals surface area contributed by atoms with Gasteiger partial charge in [0, 0.05) is 0 Å². The average molecular weight is 173 g/mol. The fraction of sp³-hybridized carbons (Fsp3) is 0.714. The highest BCUT2D eigenvalue weighted by Crippen LogP contribution is 2.16. The third kappa shape index (κ3) is 1.73. The summed E-state index contributed by atoms with van der Waals surface area (Å²) in [5.41, 5.74) is 0. The van der Waals surface area contributed by atoms with E-state index in [1.807, 2.05) is 20.8 Å². The summed E-state index contributed by atoms with van der Waals surface area (Å²) < 4.78 is 0. The summed E-state index contributed by atoms with van der Waals surface area (Å²) in [6.07, 6.45) is 0. The molecule has 0 aliphatic carbocycles. The number of nitrogens with zero attached hydrogens (tertiary/aromatic N) is 2. The molecule has 0 aromatic rings. The zero-order valence-electron chi connectivity index (χ0n) is 7.65. The first-order valence-electron chi connectivity index (χ1n) is 3.61. The standard InChI is InChI=1S/C7H12N2O2.H3N/c1-5-6(2)9(11-4-10)7(3)8-5;/h4-6H,1-3H3;1H3. The van der Waals surface area contributed by atoms with Gasteiger partial charge in [-0.05, 0) is 20.8 Å². The van der Waals surface area contributed by atoms with Crippen molar-refractivity contribution in [3.05, 3.63) is 0 Å². The molecule has 1 heterocycles. The Bertz CT molecular complexity index is 193. The first-order valence-corrected chi connectivity index (χ1v) is 3.61. The topological polar surface area (TPSA) is 76.9 Å². The molecule has 0 saturated carbocycles. The molecule has 1 aliphatic heterocycles. The van der Waals surface area contributed by atoms with E-state index in [9.17, 15) is 4.79 Å². The minimum atomic E-state index is 0. The molecule has 0 spiro atoms. The molecule has 12 heavy (non-hydrogen) atoms. The fourth-order valence-corrected chi connectivity index (χ4v) is 1.17. The van der Waals surface area contributed by atoms with Crippen molar-refractivity contribution >= 4 is 12.3 Å². The van der Waals surface area contributed by atoms with Gasteiger partial charge in [0.15, 0.2) is 0 Å². The monoisotopic (exact) mass is 173 g/mol. The molecule has 5 nitrogen and oxygen atoms in total. The zero-order chi connectivity index (χ0) is 8.43. The van der Waals surface area contributed by atoms with E-state index in [0.717, 1.165) is 5.84 Å². The number of hydrogen-bond donors (Lipinski definition) is 1. The van der Waals surface area contributed by atoms with Crippen LogP contribution in [-0.2, 0) is 9.63 Å². The zero-order valence-corrected chi connectivity index (χ0v) is 7.65. The lowest BCUT2D eigenvalue weighted by atomic mass is 10.2. The molecule has 1 rings (SSSR count). The Hall–Kier alpha value is -1.10. The first kappa shape index (κ1) is 10.9. The van der Waals surface area contributed by atoms with Crippen LogP contribution in [0.15, 0.2) is 4.99 Å². The van der Waals surface area contributed by atoms with Gasteiger partial charge in [-0.1, -0.05) is 0 Å². The predicted molar refractivity (Wildman–Crippen MR) is 46.0 cm³/mol. The summed E-state index contributed by atoms with van der Waals surface area (Å²) in [5.74, 6) is 0.761. The molecule has 1 aliphatic rings. The van der Waals surface area contributed by atoms with Crippen molar-refractivity contribution in [3.63, 3.8) is 0 Å². The van der Waals surface area contributed by atoms with E-state index < -0.39 is 0 Å². The van der Waals surface area contributed by atoms with Gasteiger partial charge in [-0.25, -0.2) is 0 Å². The van der Waals surface area contributed by atoms with Crippen molar-refractivity contribution in [2.45, 2.75) is 32.9 Å². The minimum absolute atomic E-state index is 0. The molecule has 0 amide bonds. The summed E-state index contributed by atoms with van der Waals surface area (Å²) in [5, 5.41) is 1.53. The number of hydroxylamine groups is 2. The van der Waals surface area contributed by atoms with Gasteiger partial charge in [-0.15, -0.1) is 0 Å². The van der Waals surface area contributed by atoms with Gasteiger partial charge in [-0.3, -0.25) is 9.79 Å². The van der Waals surface area contributed by atoms with Crippen LogP contribution in [0.2, 0.25) is 0 Å². The number of hydrogen-bond acceptors (Lipinski definition) is 5. The lowest BCUT2D eigenvalue weighted by molar-refractivity contribution is -0.160. The van der Waals surface area contributed by atoms with E-state index in [4.69, 9.17) is 4.84 Å². The second kappa shape index (κ2) is 4.06. The Morgan fingerprint density at radius 2 is 2.17 bits per heavy atom. The maximum atomic E-state index is 10.0. The minimum Gasteiger partial charge on any atom is -0.344 e. The summed E-state index contributed by atoms with van der Waals surface area (Å²) in [7, 11) is 0. The Morgan fingerprint density at radius 1 is 1.58 bits per heavy atom. The van der Waals surface area contributed by atoms with Crippen LogP contribution in [0.3, 0.4) is 0 Å². The molecule has 0 aromatic carbocycles. The molecular weight excluding hydrogens is 158 g/mol. The van der Waals surface area contributed by atoms with Crippen LogP contribution >= 0.6 is 0 Å². The summed E-state index contributed by atoms with van der Waals surface area (Å²) in [6.45, 7) is 6.20. The highest BCUT2D eigenvalue weighted by atomic mass is 16.7. The third-order valence-electron chi connectivity index (χ3n) is 1.93. The first-order chi connectivity index (χ1) is 5.16. The Balaban J connectivity index is 0.00000121. The maximum absolute atomic E-state index is 10.0. The summed E-state index contributed by atoms with van der Waals surface area (Å²) >= 11 is 0. The molecule has 2 atom stereocenters. The van der Waals surface area contributed by atoms with E-state index in [2.05, 4.69) is 4.99 Å². The highest BCUT2D eigenvalue weighted by molar-refractivity contribution is 5.81.